The van der Waals surface area contributed by atoms with Gasteiger partial charge in [0.2, 0.25) is 0 Å². The Morgan fingerprint density at radius 3 is 1.67 bits per heavy atom. The topological polar surface area (TPSA) is 23.1 Å². The summed E-state index contributed by atoms with van der Waals surface area (Å²) in [5, 5.41) is 10.9. The zero-order valence-corrected chi connectivity index (χ0v) is 9.39. The van der Waals surface area contributed by atoms with E-state index in [0.29, 0.717) is 0 Å². The second kappa shape index (κ2) is 5.15. The molecule has 0 amide bonds. The van der Waals surface area contributed by atoms with Gasteiger partial charge in [-0.3, -0.25) is 0 Å². The Morgan fingerprint density at radius 1 is 1.22 bits per heavy atom. The van der Waals surface area contributed by atoms with Crippen molar-refractivity contribution in [1.29, 1.82) is 0 Å². The summed E-state index contributed by atoms with van der Waals surface area (Å²) in [7, 11) is 0. The standard InChI is InChI=1S/C6H11O.HI.Mg/c1-6(7)4-2-3-5-6;;/h2-5H2,1H3;1H;/q-1;;+2/p-1. The maximum Gasteiger partial charge on any atom is 2.00 e. The average molecular weight is 250 g/mol. The number of halogens is 1. The van der Waals surface area contributed by atoms with E-state index in [1.165, 1.54) is 0 Å². The van der Waals surface area contributed by atoms with Crippen molar-refractivity contribution in [3.63, 3.8) is 0 Å². The summed E-state index contributed by atoms with van der Waals surface area (Å²) in [5.41, 5.74) is -0.556. The van der Waals surface area contributed by atoms with Crippen molar-refractivity contribution in [2.45, 2.75) is 38.2 Å². The predicted molar refractivity (Wildman–Crippen MR) is 32.6 cm³/mol. The summed E-state index contributed by atoms with van der Waals surface area (Å²) in [6.45, 7) is 1.81. The molecule has 0 radical (unpaired) electrons. The fourth-order valence-corrected chi connectivity index (χ4v) is 1.12. The smallest absolute Gasteiger partial charge is 1.00 e. The van der Waals surface area contributed by atoms with Gasteiger partial charge < -0.3 is 29.1 Å². The number of hydrogen-bond donors (Lipinski definition) is 0. The Balaban J connectivity index is 0. The Morgan fingerprint density at radius 2 is 1.56 bits per heavy atom. The molecular weight excluding hydrogens is 239 g/mol. The van der Waals surface area contributed by atoms with Gasteiger partial charge in [0.05, 0.1) is 0 Å². The molecule has 3 heteroatoms. The zero-order valence-electron chi connectivity index (χ0n) is 5.82. The minimum atomic E-state index is -0.556. The van der Waals surface area contributed by atoms with Gasteiger partial charge in [-0.25, -0.2) is 0 Å². The van der Waals surface area contributed by atoms with Crippen LogP contribution in [0.3, 0.4) is 0 Å². The van der Waals surface area contributed by atoms with Crippen LogP contribution in [0.25, 0.3) is 0 Å². The van der Waals surface area contributed by atoms with Crippen molar-refractivity contribution in [1.82, 2.24) is 0 Å². The minimum absolute atomic E-state index is 0. The maximum atomic E-state index is 10.9. The Bertz CT molecular complexity index is 67.5. The van der Waals surface area contributed by atoms with Gasteiger partial charge in [0.1, 0.15) is 0 Å². The predicted octanol–water partition coefficient (Wildman–Crippen LogP) is -2.70. The molecule has 0 saturated heterocycles. The third-order valence-electron chi connectivity index (χ3n) is 1.66. The first-order valence-corrected chi connectivity index (χ1v) is 2.91. The van der Waals surface area contributed by atoms with Crippen LogP contribution >= 0.6 is 0 Å². The van der Waals surface area contributed by atoms with Gasteiger partial charge in [0, 0.05) is 0 Å². The van der Waals surface area contributed by atoms with Crippen LogP contribution in [0.5, 0.6) is 0 Å². The number of rotatable bonds is 0. The molecule has 0 atom stereocenters. The van der Waals surface area contributed by atoms with Gasteiger partial charge in [-0.2, -0.15) is 0 Å². The van der Waals surface area contributed by atoms with Crippen LogP contribution in [0.2, 0.25) is 0 Å². The Hall–Kier alpha value is 1.46. The fourth-order valence-electron chi connectivity index (χ4n) is 1.12. The van der Waals surface area contributed by atoms with Crippen molar-refractivity contribution in [2.24, 2.45) is 0 Å². The van der Waals surface area contributed by atoms with Crippen LogP contribution in [0.15, 0.2) is 0 Å². The van der Waals surface area contributed by atoms with Gasteiger partial charge in [0.25, 0.3) is 0 Å². The molecule has 0 unspecified atom stereocenters. The molecule has 0 heterocycles. The molecule has 50 valence electrons. The van der Waals surface area contributed by atoms with Crippen LogP contribution in [-0.2, 0) is 0 Å². The molecule has 0 aliphatic heterocycles. The summed E-state index contributed by atoms with van der Waals surface area (Å²) >= 11 is 0. The minimum Gasteiger partial charge on any atom is -1.00 e. The quantitative estimate of drug-likeness (QED) is 0.339. The first kappa shape index (κ1) is 13.1. The van der Waals surface area contributed by atoms with Crippen LogP contribution in [0.1, 0.15) is 32.6 Å². The van der Waals surface area contributed by atoms with Crippen molar-refractivity contribution in [2.75, 3.05) is 0 Å². The van der Waals surface area contributed by atoms with Crippen LogP contribution < -0.4 is 29.1 Å². The monoisotopic (exact) mass is 250 g/mol. The van der Waals surface area contributed by atoms with Gasteiger partial charge in [0.15, 0.2) is 0 Å². The summed E-state index contributed by atoms with van der Waals surface area (Å²) in [5.74, 6) is 0. The summed E-state index contributed by atoms with van der Waals surface area (Å²) in [6, 6.07) is 0. The van der Waals surface area contributed by atoms with E-state index < -0.39 is 5.60 Å². The molecule has 1 aliphatic carbocycles. The molecule has 0 aromatic carbocycles. The molecule has 1 fully saturated rings. The SMILES string of the molecule is CC1([O-])CCCC1.[I-].[Mg+2]. The molecular formula is C6H11IMgO. The molecule has 0 spiro atoms. The van der Waals surface area contributed by atoms with Crippen LogP contribution in [0, 0.1) is 0 Å². The van der Waals surface area contributed by atoms with E-state index in [4.69, 9.17) is 0 Å². The normalized spacial score (nSPS) is 22.0. The fraction of sp³-hybridized carbons (Fsp3) is 1.00. The van der Waals surface area contributed by atoms with E-state index >= 15 is 0 Å². The van der Waals surface area contributed by atoms with Gasteiger partial charge in [-0.05, 0) is 0 Å². The van der Waals surface area contributed by atoms with Crippen molar-refractivity contribution in [3.8, 4) is 0 Å². The van der Waals surface area contributed by atoms with E-state index in [0.717, 1.165) is 25.7 Å². The number of hydrogen-bond acceptors (Lipinski definition) is 1. The third kappa shape index (κ3) is 4.81. The second-order valence-corrected chi connectivity index (χ2v) is 2.66. The molecule has 0 aromatic rings. The molecule has 0 N–H and O–H groups in total. The summed E-state index contributed by atoms with van der Waals surface area (Å²) in [6.07, 6.45) is 4.10. The van der Waals surface area contributed by atoms with Gasteiger partial charge >= 0.3 is 23.1 Å². The Labute approximate surface area is 89.8 Å². The van der Waals surface area contributed by atoms with Gasteiger partial charge in [-0.15, -0.1) is 5.60 Å². The molecule has 9 heavy (non-hydrogen) atoms. The third-order valence-corrected chi connectivity index (χ3v) is 1.66. The summed E-state index contributed by atoms with van der Waals surface area (Å²) < 4.78 is 0. The van der Waals surface area contributed by atoms with Crippen molar-refractivity contribution >= 4 is 23.1 Å². The van der Waals surface area contributed by atoms with E-state index in [-0.39, 0.29) is 47.0 Å². The van der Waals surface area contributed by atoms with Crippen molar-refractivity contribution in [3.05, 3.63) is 0 Å². The molecule has 0 aromatic heterocycles. The van der Waals surface area contributed by atoms with E-state index in [1.807, 2.05) is 0 Å². The largest absolute Gasteiger partial charge is 2.00 e. The van der Waals surface area contributed by atoms with Gasteiger partial charge in [-0.1, -0.05) is 32.6 Å². The zero-order chi connectivity index (χ0) is 5.33. The van der Waals surface area contributed by atoms with Crippen molar-refractivity contribution < 1.29 is 29.1 Å². The first-order chi connectivity index (χ1) is 3.21. The molecule has 1 saturated carbocycles. The first-order valence-electron chi connectivity index (χ1n) is 2.91. The molecule has 1 nitrogen and oxygen atoms in total. The molecule has 1 aliphatic rings. The Kier molecular flexibility index (Phi) is 7.49. The molecule has 1 rings (SSSR count). The summed E-state index contributed by atoms with van der Waals surface area (Å²) in [4.78, 5) is 0. The van der Waals surface area contributed by atoms with Crippen LogP contribution in [0.4, 0.5) is 0 Å². The second-order valence-electron chi connectivity index (χ2n) is 2.66. The molecule has 0 bridgehead atoms. The average Bonchev–Trinajstić information content (AvgIpc) is 1.84. The van der Waals surface area contributed by atoms with Crippen LogP contribution in [-0.4, -0.2) is 28.7 Å². The van der Waals surface area contributed by atoms with E-state index in [1.54, 1.807) is 6.92 Å². The maximum absolute atomic E-state index is 10.9. The van der Waals surface area contributed by atoms with E-state index in [2.05, 4.69) is 0 Å². The van der Waals surface area contributed by atoms with E-state index in [9.17, 15) is 5.11 Å².